The van der Waals surface area contributed by atoms with Crippen molar-refractivity contribution in [2.45, 2.75) is 20.4 Å². The summed E-state index contributed by atoms with van der Waals surface area (Å²) in [5.41, 5.74) is 1.31. The molecule has 0 spiro atoms. The second-order valence-electron chi connectivity index (χ2n) is 5.34. The smallest absolute Gasteiger partial charge is 0.123 e. The van der Waals surface area contributed by atoms with E-state index in [1.165, 1.54) is 5.56 Å². The number of nitrogens with one attached hydrogen (secondary N) is 1. The molecule has 0 atom stereocenters. The summed E-state index contributed by atoms with van der Waals surface area (Å²) >= 11 is 0. The molecule has 3 nitrogen and oxygen atoms in total. The van der Waals surface area contributed by atoms with Gasteiger partial charge >= 0.3 is 0 Å². The molecule has 1 aromatic rings. The summed E-state index contributed by atoms with van der Waals surface area (Å²) in [6.07, 6.45) is 0. The SMILES string of the molecule is CC(C)COc1ccccc1CN1CCNCC1. The van der Waals surface area contributed by atoms with E-state index < -0.39 is 0 Å². The largest absolute Gasteiger partial charge is 0.493 e. The second kappa shape index (κ2) is 6.76. The van der Waals surface area contributed by atoms with E-state index in [4.69, 9.17) is 4.74 Å². The summed E-state index contributed by atoms with van der Waals surface area (Å²) in [5.74, 6) is 1.61. The molecule has 1 N–H and O–H groups in total. The van der Waals surface area contributed by atoms with Gasteiger partial charge in [0.25, 0.3) is 0 Å². The van der Waals surface area contributed by atoms with Gasteiger partial charge in [-0.2, -0.15) is 0 Å². The monoisotopic (exact) mass is 248 g/mol. The molecule has 0 aliphatic carbocycles. The highest BCUT2D eigenvalue weighted by atomic mass is 16.5. The van der Waals surface area contributed by atoms with Gasteiger partial charge in [0.15, 0.2) is 0 Å². The Balaban J connectivity index is 1.97. The summed E-state index contributed by atoms with van der Waals surface area (Å²) in [7, 11) is 0. The number of ether oxygens (including phenoxy) is 1. The van der Waals surface area contributed by atoms with Crippen LogP contribution in [0.4, 0.5) is 0 Å². The maximum Gasteiger partial charge on any atom is 0.123 e. The van der Waals surface area contributed by atoms with Gasteiger partial charge in [0.05, 0.1) is 6.61 Å². The van der Waals surface area contributed by atoms with Crippen molar-refractivity contribution in [3.05, 3.63) is 29.8 Å². The van der Waals surface area contributed by atoms with Crippen molar-refractivity contribution in [1.82, 2.24) is 10.2 Å². The van der Waals surface area contributed by atoms with Crippen molar-refractivity contribution < 1.29 is 4.74 Å². The predicted octanol–water partition coefficient (Wildman–Crippen LogP) is 2.13. The third-order valence-electron chi connectivity index (χ3n) is 3.15. The summed E-state index contributed by atoms with van der Waals surface area (Å²) in [4.78, 5) is 2.48. The summed E-state index contributed by atoms with van der Waals surface area (Å²) < 4.78 is 5.90. The van der Waals surface area contributed by atoms with E-state index in [0.29, 0.717) is 5.92 Å². The van der Waals surface area contributed by atoms with E-state index in [1.54, 1.807) is 0 Å². The highest BCUT2D eigenvalue weighted by Crippen LogP contribution is 2.20. The molecule has 1 aliphatic rings. The Morgan fingerprint density at radius 2 is 1.94 bits per heavy atom. The van der Waals surface area contributed by atoms with Gasteiger partial charge in [0.1, 0.15) is 5.75 Å². The quantitative estimate of drug-likeness (QED) is 0.864. The van der Waals surface area contributed by atoms with Gasteiger partial charge in [0, 0.05) is 38.3 Å². The standard InChI is InChI=1S/C15H24N2O/c1-13(2)12-18-15-6-4-3-5-14(15)11-17-9-7-16-8-10-17/h3-6,13,16H,7-12H2,1-2H3. The van der Waals surface area contributed by atoms with Crippen LogP contribution in [0.5, 0.6) is 5.75 Å². The van der Waals surface area contributed by atoms with Gasteiger partial charge < -0.3 is 10.1 Å². The van der Waals surface area contributed by atoms with Crippen LogP contribution in [0, 0.1) is 5.92 Å². The molecule has 1 heterocycles. The Morgan fingerprint density at radius 3 is 2.67 bits per heavy atom. The summed E-state index contributed by atoms with van der Waals surface area (Å²) in [6.45, 7) is 10.6. The first-order chi connectivity index (χ1) is 8.75. The fourth-order valence-corrected chi connectivity index (χ4v) is 2.14. The lowest BCUT2D eigenvalue weighted by molar-refractivity contribution is 0.223. The Labute approximate surface area is 110 Å². The van der Waals surface area contributed by atoms with Crippen molar-refractivity contribution in [1.29, 1.82) is 0 Å². The van der Waals surface area contributed by atoms with Gasteiger partial charge in [-0.3, -0.25) is 4.90 Å². The predicted molar refractivity (Wildman–Crippen MR) is 74.9 cm³/mol. The van der Waals surface area contributed by atoms with Gasteiger partial charge in [-0.1, -0.05) is 32.0 Å². The molecule has 2 rings (SSSR count). The van der Waals surface area contributed by atoms with E-state index in [-0.39, 0.29) is 0 Å². The van der Waals surface area contributed by atoms with E-state index in [9.17, 15) is 0 Å². The molecule has 0 bridgehead atoms. The first kappa shape index (κ1) is 13.4. The van der Waals surface area contributed by atoms with Crippen LogP contribution in [0.15, 0.2) is 24.3 Å². The molecule has 1 aliphatic heterocycles. The number of nitrogens with zero attached hydrogens (tertiary/aromatic N) is 1. The molecule has 0 aromatic heterocycles. The average molecular weight is 248 g/mol. The fourth-order valence-electron chi connectivity index (χ4n) is 2.14. The first-order valence-corrected chi connectivity index (χ1v) is 6.89. The number of para-hydroxylation sites is 1. The minimum atomic E-state index is 0.567. The Bertz CT molecular complexity index is 359. The third kappa shape index (κ3) is 4.00. The highest BCUT2D eigenvalue weighted by Gasteiger charge is 2.12. The zero-order chi connectivity index (χ0) is 12.8. The van der Waals surface area contributed by atoms with Crippen molar-refractivity contribution in [3.8, 4) is 5.75 Å². The lowest BCUT2D eigenvalue weighted by Crippen LogP contribution is -2.42. The van der Waals surface area contributed by atoms with Crippen LogP contribution in [0.2, 0.25) is 0 Å². The molecule has 3 heteroatoms. The highest BCUT2D eigenvalue weighted by molar-refractivity contribution is 5.33. The Kier molecular flexibility index (Phi) is 5.02. The van der Waals surface area contributed by atoms with Gasteiger partial charge in [-0.15, -0.1) is 0 Å². The van der Waals surface area contributed by atoms with Crippen LogP contribution in [-0.2, 0) is 6.54 Å². The molecule has 1 fully saturated rings. The number of hydrogen-bond donors (Lipinski definition) is 1. The van der Waals surface area contributed by atoms with E-state index in [0.717, 1.165) is 45.1 Å². The van der Waals surface area contributed by atoms with Gasteiger partial charge in [0.2, 0.25) is 0 Å². The number of benzene rings is 1. The average Bonchev–Trinajstić information content (AvgIpc) is 2.39. The minimum Gasteiger partial charge on any atom is -0.493 e. The van der Waals surface area contributed by atoms with E-state index in [1.807, 2.05) is 0 Å². The maximum atomic E-state index is 5.90. The van der Waals surface area contributed by atoms with Crippen molar-refractivity contribution >= 4 is 0 Å². The number of rotatable bonds is 5. The third-order valence-corrected chi connectivity index (χ3v) is 3.15. The van der Waals surface area contributed by atoms with Crippen molar-refractivity contribution in [2.24, 2.45) is 5.92 Å². The zero-order valence-corrected chi connectivity index (χ0v) is 11.5. The molecule has 0 radical (unpaired) electrons. The molecule has 18 heavy (non-hydrogen) atoms. The molecule has 0 amide bonds. The van der Waals surface area contributed by atoms with Gasteiger partial charge in [-0.05, 0) is 12.0 Å². The normalized spacial score (nSPS) is 17.1. The lowest BCUT2D eigenvalue weighted by Gasteiger charge is -2.27. The van der Waals surface area contributed by atoms with Crippen LogP contribution in [0.3, 0.4) is 0 Å². The van der Waals surface area contributed by atoms with Crippen molar-refractivity contribution in [2.75, 3.05) is 32.8 Å². The van der Waals surface area contributed by atoms with Crippen LogP contribution in [0.25, 0.3) is 0 Å². The van der Waals surface area contributed by atoms with Crippen LogP contribution in [0.1, 0.15) is 19.4 Å². The van der Waals surface area contributed by atoms with Crippen LogP contribution in [-0.4, -0.2) is 37.7 Å². The molecular weight excluding hydrogens is 224 g/mol. The zero-order valence-electron chi connectivity index (χ0n) is 11.5. The Hall–Kier alpha value is -1.06. The Morgan fingerprint density at radius 1 is 1.22 bits per heavy atom. The first-order valence-electron chi connectivity index (χ1n) is 6.89. The van der Waals surface area contributed by atoms with Crippen LogP contribution < -0.4 is 10.1 Å². The molecule has 100 valence electrons. The molecular formula is C15H24N2O. The van der Waals surface area contributed by atoms with E-state index in [2.05, 4.69) is 48.3 Å². The fraction of sp³-hybridized carbons (Fsp3) is 0.600. The molecule has 0 unspecified atom stereocenters. The molecule has 1 saturated heterocycles. The number of piperazine rings is 1. The van der Waals surface area contributed by atoms with Gasteiger partial charge in [-0.25, -0.2) is 0 Å². The molecule has 0 saturated carbocycles. The lowest BCUT2D eigenvalue weighted by atomic mass is 10.1. The van der Waals surface area contributed by atoms with E-state index >= 15 is 0 Å². The van der Waals surface area contributed by atoms with Crippen molar-refractivity contribution in [3.63, 3.8) is 0 Å². The van der Waals surface area contributed by atoms with Crippen LogP contribution >= 0.6 is 0 Å². The summed E-state index contributed by atoms with van der Waals surface area (Å²) in [6, 6.07) is 8.41. The maximum absolute atomic E-state index is 5.90. The molecule has 1 aromatic carbocycles. The number of hydrogen-bond acceptors (Lipinski definition) is 3. The summed E-state index contributed by atoms with van der Waals surface area (Å²) in [5, 5.41) is 3.38. The topological polar surface area (TPSA) is 24.5 Å². The second-order valence-corrected chi connectivity index (χ2v) is 5.34. The minimum absolute atomic E-state index is 0.567.